The van der Waals surface area contributed by atoms with Crippen LogP contribution in [0.15, 0.2) is 30.4 Å². The molecule has 0 heterocycles. The molecule has 0 spiro atoms. The van der Waals surface area contributed by atoms with Crippen LogP contribution in [0.4, 0.5) is 0 Å². The Balaban J connectivity index is 2.07. The van der Waals surface area contributed by atoms with Crippen LogP contribution in [0.25, 0.3) is 0 Å². The quantitative estimate of drug-likeness (QED) is 0.157. The molecule has 3 nitrogen and oxygen atoms in total. The predicted octanol–water partition coefficient (Wildman–Crippen LogP) is 7.53. The van der Waals surface area contributed by atoms with Crippen LogP contribution >= 0.6 is 0 Å². The minimum Gasteiger partial charge on any atom is -0.493 e. The zero-order chi connectivity index (χ0) is 20.5. The van der Waals surface area contributed by atoms with Gasteiger partial charge < -0.3 is 9.47 Å². The lowest BCUT2D eigenvalue weighted by Gasteiger charge is -2.11. The normalized spacial score (nSPS) is 11.1. The third kappa shape index (κ3) is 9.96. The van der Waals surface area contributed by atoms with Gasteiger partial charge in [-0.1, -0.05) is 70.1 Å². The van der Waals surface area contributed by atoms with Gasteiger partial charge in [-0.15, -0.1) is 0 Å². The molecule has 0 amide bonds. The van der Waals surface area contributed by atoms with Crippen molar-refractivity contribution in [2.24, 2.45) is 0 Å². The van der Waals surface area contributed by atoms with Gasteiger partial charge in [-0.2, -0.15) is 0 Å². The van der Waals surface area contributed by atoms with Crippen molar-refractivity contribution in [3.8, 4) is 11.5 Å². The highest BCUT2D eigenvalue weighted by atomic mass is 16.5. The topological polar surface area (TPSA) is 35.5 Å². The van der Waals surface area contributed by atoms with Gasteiger partial charge in [0, 0.05) is 6.42 Å². The van der Waals surface area contributed by atoms with Gasteiger partial charge in [0.1, 0.15) is 0 Å². The van der Waals surface area contributed by atoms with Crippen molar-refractivity contribution < 1.29 is 14.3 Å². The van der Waals surface area contributed by atoms with Crippen LogP contribution in [-0.2, 0) is 0 Å². The maximum absolute atomic E-state index is 12.5. The number of para-hydroxylation sites is 1. The van der Waals surface area contributed by atoms with E-state index in [1.165, 1.54) is 64.2 Å². The second kappa shape index (κ2) is 16.2. The number of ether oxygens (including phenoxy) is 2. The average Bonchev–Trinajstić information content (AvgIpc) is 2.73. The summed E-state index contributed by atoms with van der Waals surface area (Å²) in [6.45, 7) is 2.26. The van der Waals surface area contributed by atoms with Crippen LogP contribution in [0, 0.1) is 0 Å². The van der Waals surface area contributed by atoms with Gasteiger partial charge in [-0.25, -0.2) is 0 Å². The van der Waals surface area contributed by atoms with Crippen LogP contribution in [0.2, 0.25) is 0 Å². The van der Waals surface area contributed by atoms with E-state index in [1.54, 1.807) is 14.2 Å². The standard InChI is InChI=1S/C25H40O3/c1-4-5-6-7-8-9-10-11-12-13-14-15-16-17-20-23(26)22-19-18-21-24(27-2)25(22)28-3/h9-10,18-19,21H,4-8,11-17,20H2,1-3H3/b10-9-. The minimum atomic E-state index is 0.139. The molecule has 28 heavy (non-hydrogen) atoms. The summed E-state index contributed by atoms with van der Waals surface area (Å²) in [7, 11) is 3.17. The SMILES string of the molecule is CCCCCC/C=C\CCCCCCCCC(=O)c1cccc(OC)c1OC. The molecule has 0 aliphatic carbocycles. The molecule has 0 aliphatic rings. The third-order valence-corrected chi connectivity index (χ3v) is 5.12. The van der Waals surface area contributed by atoms with Gasteiger partial charge in [0.2, 0.25) is 0 Å². The van der Waals surface area contributed by atoms with Crippen LogP contribution in [0.3, 0.4) is 0 Å². The summed E-state index contributed by atoms with van der Waals surface area (Å²) >= 11 is 0. The van der Waals surface area contributed by atoms with E-state index in [1.807, 2.05) is 18.2 Å². The second-order valence-electron chi connectivity index (χ2n) is 7.44. The molecule has 0 aromatic heterocycles. The largest absolute Gasteiger partial charge is 0.493 e. The number of carbonyl (C=O) groups is 1. The minimum absolute atomic E-state index is 0.139. The number of hydrogen-bond donors (Lipinski definition) is 0. The highest BCUT2D eigenvalue weighted by molar-refractivity contribution is 5.99. The van der Waals surface area contributed by atoms with Crippen molar-refractivity contribution in [3.63, 3.8) is 0 Å². The molecule has 0 fully saturated rings. The molecular formula is C25H40O3. The molecular weight excluding hydrogens is 348 g/mol. The lowest BCUT2D eigenvalue weighted by atomic mass is 10.0. The first-order chi connectivity index (χ1) is 13.7. The van der Waals surface area contributed by atoms with Crippen LogP contribution in [-0.4, -0.2) is 20.0 Å². The number of ketones is 1. The van der Waals surface area contributed by atoms with E-state index in [2.05, 4.69) is 19.1 Å². The van der Waals surface area contributed by atoms with Crippen LogP contribution < -0.4 is 9.47 Å². The zero-order valence-electron chi connectivity index (χ0n) is 18.3. The lowest BCUT2D eigenvalue weighted by Crippen LogP contribution is -2.03. The van der Waals surface area contributed by atoms with E-state index in [9.17, 15) is 4.79 Å². The molecule has 0 aliphatic heterocycles. The van der Waals surface area contributed by atoms with E-state index in [0.29, 0.717) is 23.5 Å². The average molecular weight is 389 g/mol. The summed E-state index contributed by atoms with van der Waals surface area (Å²) in [5.74, 6) is 1.30. The number of allylic oxidation sites excluding steroid dienone is 2. The maximum atomic E-state index is 12.5. The summed E-state index contributed by atoms with van der Waals surface area (Å²) < 4.78 is 10.6. The second-order valence-corrected chi connectivity index (χ2v) is 7.44. The number of rotatable bonds is 17. The summed E-state index contributed by atoms with van der Waals surface area (Å²) in [5, 5.41) is 0. The molecule has 1 aromatic carbocycles. The Labute approximate surface area is 172 Å². The van der Waals surface area contributed by atoms with E-state index in [-0.39, 0.29) is 5.78 Å². The first-order valence-electron chi connectivity index (χ1n) is 11.1. The van der Waals surface area contributed by atoms with Crippen molar-refractivity contribution in [3.05, 3.63) is 35.9 Å². The first kappa shape index (κ1) is 24.3. The van der Waals surface area contributed by atoms with E-state index in [4.69, 9.17) is 9.47 Å². The Morgan fingerprint density at radius 3 is 2.04 bits per heavy atom. The van der Waals surface area contributed by atoms with Crippen LogP contribution in [0.1, 0.15) is 101 Å². The van der Waals surface area contributed by atoms with Gasteiger partial charge in [0.05, 0.1) is 19.8 Å². The fraction of sp³-hybridized carbons (Fsp3) is 0.640. The van der Waals surface area contributed by atoms with Crippen molar-refractivity contribution in [1.82, 2.24) is 0 Å². The van der Waals surface area contributed by atoms with Gasteiger partial charge in [0.15, 0.2) is 17.3 Å². The predicted molar refractivity (Wildman–Crippen MR) is 119 cm³/mol. The van der Waals surface area contributed by atoms with Crippen molar-refractivity contribution in [1.29, 1.82) is 0 Å². The third-order valence-electron chi connectivity index (χ3n) is 5.12. The van der Waals surface area contributed by atoms with E-state index >= 15 is 0 Å². The Bertz CT molecular complexity index is 563. The Morgan fingerprint density at radius 2 is 1.43 bits per heavy atom. The molecule has 0 N–H and O–H groups in total. The number of methoxy groups -OCH3 is 2. The Hall–Kier alpha value is -1.77. The van der Waals surface area contributed by atoms with Gasteiger partial charge in [-0.3, -0.25) is 4.79 Å². The fourth-order valence-electron chi connectivity index (χ4n) is 3.42. The number of unbranched alkanes of at least 4 members (excludes halogenated alkanes) is 10. The molecule has 1 rings (SSSR count). The number of benzene rings is 1. The molecule has 0 saturated heterocycles. The summed E-state index contributed by atoms with van der Waals surface area (Å²) in [5.41, 5.74) is 0.628. The van der Waals surface area contributed by atoms with E-state index < -0.39 is 0 Å². The number of carbonyl (C=O) groups excluding carboxylic acids is 1. The van der Waals surface area contributed by atoms with E-state index in [0.717, 1.165) is 12.8 Å². The highest BCUT2D eigenvalue weighted by Crippen LogP contribution is 2.31. The monoisotopic (exact) mass is 388 g/mol. The molecule has 1 aromatic rings. The maximum Gasteiger partial charge on any atom is 0.171 e. The number of hydrogen-bond acceptors (Lipinski definition) is 3. The van der Waals surface area contributed by atoms with Crippen LogP contribution in [0.5, 0.6) is 11.5 Å². The fourth-order valence-corrected chi connectivity index (χ4v) is 3.42. The Morgan fingerprint density at radius 1 is 0.821 bits per heavy atom. The van der Waals surface area contributed by atoms with Gasteiger partial charge in [-0.05, 0) is 44.2 Å². The van der Waals surface area contributed by atoms with Crippen molar-refractivity contribution in [2.45, 2.75) is 90.4 Å². The van der Waals surface area contributed by atoms with Crippen molar-refractivity contribution >= 4 is 5.78 Å². The summed E-state index contributed by atoms with van der Waals surface area (Å²) in [4.78, 5) is 12.5. The summed E-state index contributed by atoms with van der Waals surface area (Å²) in [6.07, 6.45) is 20.2. The van der Waals surface area contributed by atoms with Gasteiger partial charge >= 0.3 is 0 Å². The molecule has 0 unspecified atom stereocenters. The molecule has 0 saturated carbocycles. The summed E-state index contributed by atoms with van der Waals surface area (Å²) in [6, 6.07) is 5.48. The molecule has 3 heteroatoms. The molecule has 0 atom stereocenters. The number of Topliss-reactive ketones (excluding diaryl/α,β-unsaturated/α-hetero) is 1. The molecule has 158 valence electrons. The Kier molecular flexibility index (Phi) is 14.0. The molecule has 0 bridgehead atoms. The first-order valence-corrected chi connectivity index (χ1v) is 11.1. The highest BCUT2D eigenvalue weighted by Gasteiger charge is 2.15. The van der Waals surface area contributed by atoms with Gasteiger partial charge in [0.25, 0.3) is 0 Å². The molecule has 0 radical (unpaired) electrons. The smallest absolute Gasteiger partial charge is 0.171 e. The zero-order valence-corrected chi connectivity index (χ0v) is 18.3. The van der Waals surface area contributed by atoms with Crippen molar-refractivity contribution in [2.75, 3.05) is 14.2 Å². The lowest BCUT2D eigenvalue weighted by molar-refractivity contribution is 0.0975.